The minimum absolute atomic E-state index is 0.0469. The highest BCUT2D eigenvalue weighted by Gasteiger charge is 2.44. The van der Waals surface area contributed by atoms with E-state index in [1.165, 1.54) is 51.4 Å². The zero-order valence-corrected chi connectivity index (χ0v) is 26.6. The van der Waals surface area contributed by atoms with Crippen LogP contribution in [0.5, 0.6) is 11.5 Å². The monoisotopic (exact) mass is 641 g/mol. The Balaban J connectivity index is 1.48. The fourth-order valence-electron chi connectivity index (χ4n) is 5.76. The molecule has 1 saturated heterocycles. The van der Waals surface area contributed by atoms with Gasteiger partial charge >= 0.3 is 0 Å². The topological polar surface area (TPSA) is 187 Å². The smallest absolute Gasteiger partial charge is 0.231 e. The van der Waals surface area contributed by atoms with Gasteiger partial charge in [0.2, 0.25) is 12.7 Å². The molecule has 1 aromatic rings. The van der Waals surface area contributed by atoms with E-state index >= 15 is 0 Å². The summed E-state index contributed by atoms with van der Waals surface area (Å²) in [7, 11) is 0. The maximum atomic E-state index is 13.0. The van der Waals surface area contributed by atoms with E-state index in [2.05, 4.69) is 12.2 Å². The Kier molecular flexibility index (Phi) is 16.8. The summed E-state index contributed by atoms with van der Waals surface area (Å²) in [5.41, 5.74) is 0.650. The standard InChI is InChI=1S/C33H55NO11/c1-2-3-4-5-6-7-8-9-10-11-12-13-14-24(36)29(38)23(20-42-33-32(41)31(40)30(39)27(19-35)45-33)34-28(37)18-22-15-16-25-26(17-22)44-21-43-25/h15-17,23-24,27,29-33,35-36,38-41H,2-14,18-21H2,1H3,(H,34,37)/t23-,24?,27?,29?,30?,31?,32?,33?/m0/s1. The molecule has 0 spiro atoms. The maximum absolute atomic E-state index is 13.0. The van der Waals surface area contributed by atoms with E-state index in [1.807, 2.05) is 0 Å². The van der Waals surface area contributed by atoms with E-state index in [0.717, 1.165) is 19.3 Å². The Morgan fingerprint density at radius 1 is 0.889 bits per heavy atom. The number of amides is 1. The van der Waals surface area contributed by atoms with Gasteiger partial charge < -0.3 is 54.9 Å². The normalized spacial score (nSPS) is 24.7. The van der Waals surface area contributed by atoms with E-state index in [4.69, 9.17) is 18.9 Å². The number of benzene rings is 1. The van der Waals surface area contributed by atoms with Gasteiger partial charge in [0, 0.05) is 0 Å². The van der Waals surface area contributed by atoms with Crippen LogP contribution in [-0.2, 0) is 20.7 Å². The minimum atomic E-state index is -1.64. The molecule has 0 saturated carbocycles. The minimum Gasteiger partial charge on any atom is -0.454 e. The number of carbonyl (C=O) groups is 1. The van der Waals surface area contributed by atoms with Crippen molar-refractivity contribution in [3.63, 3.8) is 0 Å². The number of aliphatic hydroxyl groups excluding tert-OH is 6. The van der Waals surface area contributed by atoms with E-state index in [-0.39, 0.29) is 19.8 Å². The highest BCUT2D eigenvalue weighted by Crippen LogP contribution is 2.32. The number of carbonyl (C=O) groups excluding carboxylic acids is 1. The summed E-state index contributed by atoms with van der Waals surface area (Å²) in [6, 6.07) is 4.04. The lowest BCUT2D eigenvalue weighted by molar-refractivity contribution is -0.303. The van der Waals surface area contributed by atoms with Gasteiger partial charge in [-0.05, 0) is 24.1 Å². The van der Waals surface area contributed by atoms with E-state index in [9.17, 15) is 35.4 Å². The van der Waals surface area contributed by atoms with Crippen molar-refractivity contribution >= 4 is 5.91 Å². The van der Waals surface area contributed by atoms with Crippen LogP contribution in [-0.4, -0.2) is 106 Å². The quantitative estimate of drug-likeness (QED) is 0.0919. The van der Waals surface area contributed by atoms with Gasteiger partial charge in [-0.3, -0.25) is 4.79 Å². The summed E-state index contributed by atoms with van der Waals surface area (Å²) in [6.45, 7) is 1.32. The lowest BCUT2D eigenvalue weighted by Crippen LogP contribution is -2.60. The van der Waals surface area contributed by atoms with Crippen LogP contribution in [0.4, 0.5) is 0 Å². The molecule has 8 atom stereocenters. The lowest BCUT2D eigenvalue weighted by Gasteiger charge is -2.40. The first-order valence-electron chi connectivity index (χ1n) is 16.7. The average molecular weight is 642 g/mol. The molecule has 0 radical (unpaired) electrons. The van der Waals surface area contributed by atoms with Crippen LogP contribution >= 0.6 is 0 Å². The summed E-state index contributed by atoms with van der Waals surface area (Å²) in [5, 5.41) is 64.6. The molecule has 1 fully saturated rings. The second kappa shape index (κ2) is 20.3. The Morgan fingerprint density at radius 3 is 2.16 bits per heavy atom. The Morgan fingerprint density at radius 2 is 1.51 bits per heavy atom. The van der Waals surface area contributed by atoms with Crippen molar-refractivity contribution in [3.8, 4) is 11.5 Å². The molecule has 7 unspecified atom stereocenters. The highest BCUT2D eigenvalue weighted by molar-refractivity contribution is 5.79. The van der Waals surface area contributed by atoms with Gasteiger partial charge in [0.05, 0.1) is 31.8 Å². The number of rotatable bonds is 22. The summed E-state index contributed by atoms with van der Waals surface area (Å²) in [5.74, 6) is 0.662. The molecule has 1 aromatic carbocycles. The average Bonchev–Trinajstić information content (AvgIpc) is 3.50. The van der Waals surface area contributed by atoms with Crippen LogP contribution in [0.1, 0.15) is 96.0 Å². The van der Waals surface area contributed by atoms with Crippen molar-refractivity contribution < 1.29 is 54.4 Å². The first-order chi connectivity index (χ1) is 21.7. The fraction of sp³-hybridized carbons (Fsp3) is 0.788. The van der Waals surface area contributed by atoms with Crippen molar-refractivity contribution in [2.45, 2.75) is 146 Å². The van der Waals surface area contributed by atoms with Crippen molar-refractivity contribution in [1.82, 2.24) is 5.32 Å². The first-order valence-corrected chi connectivity index (χ1v) is 16.7. The van der Waals surface area contributed by atoms with Gasteiger partial charge in [0.15, 0.2) is 17.8 Å². The molecular weight excluding hydrogens is 586 g/mol. The molecule has 7 N–H and O–H groups in total. The van der Waals surface area contributed by atoms with Gasteiger partial charge in [-0.1, -0.05) is 90.0 Å². The predicted molar refractivity (Wildman–Crippen MR) is 166 cm³/mol. The SMILES string of the molecule is CCCCCCCCCCCCCCC(O)C(O)[C@H](COC1OC(CO)C(O)C(O)C1O)NC(=O)Cc1ccc2c(c1)OCO2. The number of unbranched alkanes of at least 4 members (excludes halogenated alkanes) is 11. The molecule has 258 valence electrons. The van der Waals surface area contributed by atoms with Crippen LogP contribution < -0.4 is 14.8 Å². The van der Waals surface area contributed by atoms with E-state index in [1.54, 1.807) is 18.2 Å². The molecule has 0 bridgehead atoms. The van der Waals surface area contributed by atoms with Gasteiger partial charge in [-0.25, -0.2) is 0 Å². The molecule has 0 aliphatic carbocycles. The van der Waals surface area contributed by atoms with Gasteiger partial charge in [0.1, 0.15) is 30.5 Å². The van der Waals surface area contributed by atoms with Crippen molar-refractivity contribution in [3.05, 3.63) is 23.8 Å². The third-order valence-corrected chi connectivity index (χ3v) is 8.60. The summed E-state index contributed by atoms with van der Waals surface area (Å²) in [6.07, 6.45) is 4.35. The van der Waals surface area contributed by atoms with Crippen LogP contribution in [0.2, 0.25) is 0 Å². The van der Waals surface area contributed by atoms with Crippen LogP contribution in [0.15, 0.2) is 18.2 Å². The molecule has 2 heterocycles. The molecule has 3 rings (SSSR count). The largest absolute Gasteiger partial charge is 0.454 e. The Hall–Kier alpha value is -2.03. The summed E-state index contributed by atoms with van der Waals surface area (Å²) in [4.78, 5) is 13.0. The Bertz CT molecular complexity index is 980. The molecule has 1 amide bonds. The van der Waals surface area contributed by atoms with Crippen LogP contribution in [0.3, 0.4) is 0 Å². The molecule has 0 aromatic heterocycles. The van der Waals surface area contributed by atoms with Crippen molar-refractivity contribution in [2.24, 2.45) is 0 Å². The van der Waals surface area contributed by atoms with Crippen molar-refractivity contribution in [2.75, 3.05) is 20.0 Å². The van der Waals surface area contributed by atoms with Gasteiger partial charge in [-0.15, -0.1) is 0 Å². The highest BCUT2D eigenvalue weighted by atomic mass is 16.7. The van der Waals surface area contributed by atoms with E-state index in [0.29, 0.717) is 29.9 Å². The molecule has 12 nitrogen and oxygen atoms in total. The molecule has 2 aliphatic heterocycles. The zero-order chi connectivity index (χ0) is 32.6. The molecule has 2 aliphatic rings. The third kappa shape index (κ3) is 12.3. The second-order valence-corrected chi connectivity index (χ2v) is 12.3. The number of aliphatic hydroxyl groups is 6. The number of hydrogen-bond acceptors (Lipinski definition) is 11. The number of fused-ring (bicyclic) bond motifs is 1. The second-order valence-electron chi connectivity index (χ2n) is 12.3. The third-order valence-electron chi connectivity index (χ3n) is 8.60. The van der Waals surface area contributed by atoms with Crippen LogP contribution in [0, 0.1) is 0 Å². The molecule has 45 heavy (non-hydrogen) atoms. The zero-order valence-electron chi connectivity index (χ0n) is 26.6. The van der Waals surface area contributed by atoms with Gasteiger partial charge in [0.25, 0.3) is 0 Å². The number of nitrogens with one attached hydrogen (secondary N) is 1. The molecular formula is C33H55NO11. The van der Waals surface area contributed by atoms with Crippen LogP contribution in [0.25, 0.3) is 0 Å². The van der Waals surface area contributed by atoms with E-state index < -0.39 is 61.5 Å². The maximum Gasteiger partial charge on any atom is 0.231 e. The lowest BCUT2D eigenvalue weighted by atomic mass is 9.98. The van der Waals surface area contributed by atoms with Crippen molar-refractivity contribution in [1.29, 1.82) is 0 Å². The number of hydrogen-bond donors (Lipinski definition) is 7. The van der Waals surface area contributed by atoms with Gasteiger partial charge in [-0.2, -0.15) is 0 Å². The predicted octanol–water partition coefficient (Wildman–Crippen LogP) is 2.07. The summed E-state index contributed by atoms with van der Waals surface area (Å²) >= 11 is 0. The summed E-state index contributed by atoms with van der Waals surface area (Å²) < 4.78 is 21.7. The number of ether oxygens (including phenoxy) is 4. The Labute approximate surface area is 266 Å². The fourth-order valence-corrected chi connectivity index (χ4v) is 5.76. The first kappa shape index (κ1) is 37.4. The molecule has 12 heteroatoms.